The van der Waals surface area contributed by atoms with E-state index in [4.69, 9.17) is 6.42 Å². The van der Waals surface area contributed by atoms with E-state index in [9.17, 15) is 4.79 Å². The third kappa shape index (κ3) is 7.35. The normalized spacial score (nSPS) is 11.8. The molecule has 0 aliphatic carbocycles. The van der Waals surface area contributed by atoms with Gasteiger partial charge in [0, 0.05) is 6.04 Å². The Balaban J connectivity index is 3.45. The first-order valence-corrected chi connectivity index (χ1v) is 4.64. The van der Waals surface area contributed by atoms with Gasteiger partial charge in [-0.25, -0.2) is 0 Å². The van der Waals surface area contributed by atoms with Crippen molar-refractivity contribution in [3.8, 4) is 12.3 Å². The third-order valence-corrected chi connectivity index (χ3v) is 1.64. The van der Waals surface area contributed by atoms with Crippen molar-refractivity contribution in [1.82, 2.24) is 10.6 Å². The van der Waals surface area contributed by atoms with Crippen molar-refractivity contribution in [2.45, 2.75) is 32.7 Å². The van der Waals surface area contributed by atoms with E-state index >= 15 is 0 Å². The average Bonchev–Trinajstić information content (AvgIpc) is 2.05. The van der Waals surface area contributed by atoms with Gasteiger partial charge in [0.25, 0.3) is 0 Å². The second-order valence-corrected chi connectivity index (χ2v) is 3.06. The van der Waals surface area contributed by atoms with E-state index in [2.05, 4.69) is 23.5 Å². The predicted molar refractivity (Wildman–Crippen MR) is 54.2 cm³/mol. The van der Waals surface area contributed by atoms with E-state index in [1.165, 1.54) is 0 Å². The fourth-order valence-corrected chi connectivity index (χ4v) is 1.08. The third-order valence-electron chi connectivity index (χ3n) is 1.64. The fourth-order valence-electron chi connectivity index (χ4n) is 1.08. The molecule has 1 unspecified atom stereocenters. The van der Waals surface area contributed by atoms with Crippen LogP contribution in [0.15, 0.2) is 0 Å². The molecule has 3 nitrogen and oxygen atoms in total. The lowest BCUT2D eigenvalue weighted by Gasteiger charge is -2.12. The number of carbonyl (C=O) groups excluding carboxylic acids is 1. The Morgan fingerprint density at radius 1 is 1.62 bits per heavy atom. The van der Waals surface area contributed by atoms with Gasteiger partial charge in [-0.2, -0.15) is 0 Å². The highest BCUT2D eigenvalue weighted by Crippen LogP contribution is 1.93. The van der Waals surface area contributed by atoms with E-state index in [1.807, 2.05) is 6.92 Å². The lowest BCUT2D eigenvalue weighted by atomic mass is 10.2. The molecule has 0 rings (SSSR count). The summed E-state index contributed by atoms with van der Waals surface area (Å²) in [7, 11) is 0. The summed E-state index contributed by atoms with van der Waals surface area (Å²) in [5.74, 6) is 2.42. The second kappa shape index (κ2) is 7.63. The highest BCUT2D eigenvalue weighted by atomic mass is 16.1. The molecule has 0 fully saturated rings. The number of nitrogens with one attached hydrogen (secondary N) is 2. The minimum absolute atomic E-state index is 0.0104. The standard InChI is InChI=1S/C10H18N2O/c1-4-6-9(3)12-10(13)8-11-7-5-2/h2,9,11H,4,6-8H2,1,3H3,(H,12,13). The van der Waals surface area contributed by atoms with Crippen molar-refractivity contribution < 1.29 is 4.79 Å². The van der Waals surface area contributed by atoms with Crippen molar-refractivity contribution in [2.24, 2.45) is 0 Å². The Morgan fingerprint density at radius 3 is 2.85 bits per heavy atom. The van der Waals surface area contributed by atoms with Crippen molar-refractivity contribution in [3.63, 3.8) is 0 Å². The maximum absolute atomic E-state index is 11.2. The Morgan fingerprint density at radius 2 is 2.31 bits per heavy atom. The molecular weight excluding hydrogens is 164 g/mol. The summed E-state index contributed by atoms with van der Waals surface area (Å²) in [6.45, 7) is 4.84. The molecule has 74 valence electrons. The lowest BCUT2D eigenvalue weighted by molar-refractivity contribution is -0.120. The number of terminal acetylenes is 1. The van der Waals surface area contributed by atoms with Crippen LogP contribution in [0.4, 0.5) is 0 Å². The maximum Gasteiger partial charge on any atom is 0.234 e. The molecule has 2 N–H and O–H groups in total. The molecule has 0 heterocycles. The molecule has 0 saturated heterocycles. The number of hydrogen-bond donors (Lipinski definition) is 2. The smallest absolute Gasteiger partial charge is 0.234 e. The van der Waals surface area contributed by atoms with Crippen LogP contribution in [0.5, 0.6) is 0 Å². The van der Waals surface area contributed by atoms with Gasteiger partial charge in [0.15, 0.2) is 0 Å². The molecule has 13 heavy (non-hydrogen) atoms. The van der Waals surface area contributed by atoms with Crippen LogP contribution in [0.3, 0.4) is 0 Å². The molecule has 0 aliphatic rings. The number of hydrogen-bond acceptors (Lipinski definition) is 2. The quantitative estimate of drug-likeness (QED) is 0.464. The van der Waals surface area contributed by atoms with Gasteiger partial charge in [0.2, 0.25) is 5.91 Å². The maximum atomic E-state index is 11.2. The zero-order valence-corrected chi connectivity index (χ0v) is 8.39. The van der Waals surface area contributed by atoms with Gasteiger partial charge in [-0.1, -0.05) is 19.3 Å². The molecule has 0 aromatic rings. The summed E-state index contributed by atoms with van der Waals surface area (Å²) in [4.78, 5) is 11.2. The second-order valence-electron chi connectivity index (χ2n) is 3.06. The summed E-state index contributed by atoms with van der Waals surface area (Å²) in [5.41, 5.74) is 0. The van der Waals surface area contributed by atoms with Crippen LogP contribution in [0.2, 0.25) is 0 Å². The zero-order valence-electron chi connectivity index (χ0n) is 8.39. The molecule has 0 bridgehead atoms. The zero-order chi connectivity index (χ0) is 10.1. The molecule has 0 aliphatic heterocycles. The molecule has 0 radical (unpaired) electrons. The van der Waals surface area contributed by atoms with E-state index in [0.29, 0.717) is 13.1 Å². The number of rotatable bonds is 6. The van der Waals surface area contributed by atoms with Crippen LogP contribution < -0.4 is 10.6 Å². The highest BCUT2D eigenvalue weighted by molar-refractivity contribution is 5.78. The monoisotopic (exact) mass is 182 g/mol. The Bertz CT molecular complexity index is 184. The van der Waals surface area contributed by atoms with Gasteiger partial charge in [-0.15, -0.1) is 6.42 Å². The molecule has 0 aromatic heterocycles. The molecule has 1 amide bonds. The first-order valence-electron chi connectivity index (χ1n) is 4.64. The van der Waals surface area contributed by atoms with Gasteiger partial charge < -0.3 is 5.32 Å². The summed E-state index contributed by atoms with van der Waals surface area (Å²) < 4.78 is 0. The molecule has 1 atom stereocenters. The molecule has 0 saturated carbocycles. The topological polar surface area (TPSA) is 41.1 Å². The van der Waals surface area contributed by atoms with Gasteiger partial charge in [0.05, 0.1) is 13.1 Å². The minimum Gasteiger partial charge on any atom is -0.353 e. The van der Waals surface area contributed by atoms with Crippen LogP contribution in [-0.4, -0.2) is 25.0 Å². The van der Waals surface area contributed by atoms with E-state index in [-0.39, 0.29) is 11.9 Å². The number of carbonyl (C=O) groups is 1. The van der Waals surface area contributed by atoms with Gasteiger partial charge in [0.1, 0.15) is 0 Å². The largest absolute Gasteiger partial charge is 0.353 e. The van der Waals surface area contributed by atoms with Crippen LogP contribution in [0, 0.1) is 12.3 Å². The molecule has 0 spiro atoms. The first-order chi connectivity index (χ1) is 6.20. The highest BCUT2D eigenvalue weighted by Gasteiger charge is 2.04. The van der Waals surface area contributed by atoms with Crippen molar-refractivity contribution in [1.29, 1.82) is 0 Å². The SMILES string of the molecule is C#CCNCC(=O)NC(C)CCC. The van der Waals surface area contributed by atoms with Crippen molar-refractivity contribution in [3.05, 3.63) is 0 Å². The van der Waals surface area contributed by atoms with Crippen LogP contribution in [0.1, 0.15) is 26.7 Å². The summed E-state index contributed by atoms with van der Waals surface area (Å²) in [5, 5.41) is 5.70. The summed E-state index contributed by atoms with van der Waals surface area (Å²) in [6, 6.07) is 0.255. The minimum atomic E-state index is 0.0104. The van der Waals surface area contributed by atoms with Gasteiger partial charge in [-0.3, -0.25) is 10.1 Å². The Labute approximate surface area is 80.3 Å². The Hall–Kier alpha value is -1.01. The van der Waals surface area contributed by atoms with Crippen molar-refractivity contribution in [2.75, 3.05) is 13.1 Å². The van der Waals surface area contributed by atoms with E-state index in [0.717, 1.165) is 12.8 Å². The summed E-state index contributed by atoms with van der Waals surface area (Å²) in [6.07, 6.45) is 7.12. The van der Waals surface area contributed by atoms with E-state index < -0.39 is 0 Å². The lowest BCUT2D eigenvalue weighted by Crippen LogP contribution is -2.39. The van der Waals surface area contributed by atoms with Crippen LogP contribution >= 0.6 is 0 Å². The molecule has 3 heteroatoms. The first kappa shape index (κ1) is 12.0. The average molecular weight is 182 g/mol. The number of amides is 1. The Kier molecular flexibility index (Phi) is 7.04. The van der Waals surface area contributed by atoms with Crippen LogP contribution in [0.25, 0.3) is 0 Å². The fraction of sp³-hybridized carbons (Fsp3) is 0.700. The molecule has 0 aromatic carbocycles. The van der Waals surface area contributed by atoms with E-state index in [1.54, 1.807) is 0 Å². The predicted octanol–water partition coefficient (Wildman–Crippen LogP) is 0.514. The van der Waals surface area contributed by atoms with Crippen molar-refractivity contribution >= 4 is 5.91 Å². The molecular formula is C10H18N2O. The van der Waals surface area contributed by atoms with Gasteiger partial charge in [-0.05, 0) is 13.3 Å². The van der Waals surface area contributed by atoms with Crippen LogP contribution in [-0.2, 0) is 4.79 Å². The van der Waals surface area contributed by atoms with Gasteiger partial charge >= 0.3 is 0 Å². The summed E-state index contributed by atoms with van der Waals surface area (Å²) >= 11 is 0.